The first-order valence-corrected chi connectivity index (χ1v) is 5.12. The zero-order chi connectivity index (χ0) is 10.6. The van der Waals surface area contributed by atoms with Gasteiger partial charge in [0.15, 0.2) is 0 Å². The lowest BCUT2D eigenvalue weighted by Gasteiger charge is -2.03. The summed E-state index contributed by atoms with van der Waals surface area (Å²) in [4.78, 5) is 20.8. The molecule has 0 fully saturated rings. The van der Waals surface area contributed by atoms with E-state index in [0.29, 0.717) is 13.0 Å². The highest BCUT2D eigenvalue weighted by atomic mass is 16.3. The van der Waals surface area contributed by atoms with Crippen molar-refractivity contribution in [3.05, 3.63) is 0 Å². The minimum Gasteiger partial charge on any atom is -0.396 e. The molecule has 0 unspecified atom stereocenters. The van der Waals surface area contributed by atoms with E-state index < -0.39 is 0 Å². The Hall–Kier alpha value is -0.900. The number of rotatable bonds is 9. The minimum absolute atomic E-state index is 0.0921. The first-order valence-electron chi connectivity index (χ1n) is 5.12. The van der Waals surface area contributed by atoms with Gasteiger partial charge in [-0.05, 0) is 12.8 Å². The van der Waals surface area contributed by atoms with E-state index in [1.165, 1.54) is 0 Å². The Bertz CT molecular complexity index is 159. The number of aldehydes is 1. The summed E-state index contributed by atoms with van der Waals surface area (Å²) in [6.45, 7) is 0.574. The van der Waals surface area contributed by atoms with Crippen LogP contribution in [-0.2, 0) is 9.59 Å². The molecule has 0 aromatic rings. The predicted molar refractivity (Wildman–Crippen MR) is 53.9 cm³/mol. The average molecular weight is 201 g/mol. The van der Waals surface area contributed by atoms with Crippen molar-refractivity contribution in [3.63, 3.8) is 0 Å². The van der Waals surface area contributed by atoms with Crippen molar-refractivity contribution in [3.8, 4) is 0 Å². The molecule has 14 heavy (non-hydrogen) atoms. The molecule has 0 atom stereocenters. The van der Waals surface area contributed by atoms with Crippen molar-refractivity contribution in [2.45, 2.75) is 38.5 Å². The maximum atomic E-state index is 10.9. The zero-order valence-electron chi connectivity index (χ0n) is 8.50. The van der Waals surface area contributed by atoms with Crippen LogP contribution in [0.25, 0.3) is 0 Å². The Morgan fingerprint density at radius 1 is 1.21 bits per heavy atom. The number of hydrogen-bond acceptors (Lipinski definition) is 3. The Labute approximate surface area is 84.7 Å². The molecule has 4 heteroatoms. The molecule has 4 nitrogen and oxygen atoms in total. The first-order chi connectivity index (χ1) is 6.81. The Morgan fingerprint density at radius 2 is 1.93 bits per heavy atom. The third-order valence-corrected chi connectivity index (χ3v) is 1.91. The monoisotopic (exact) mass is 201 g/mol. The fourth-order valence-electron chi connectivity index (χ4n) is 1.12. The Kier molecular flexibility index (Phi) is 9.53. The van der Waals surface area contributed by atoms with E-state index in [1.807, 2.05) is 0 Å². The van der Waals surface area contributed by atoms with Gasteiger partial charge in [0.05, 0.1) is 6.61 Å². The van der Waals surface area contributed by atoms with Crippen molar-refractivity contribution in [1.29, 1.82) is 0 Å². The number of carbonyl (C=O) groups excluding carboxylic acids is 2. The van der Waals surface area contributed by atoms with Crippen LogP contribution in [0, 0.1) is 0 Å². The first kappa shape index (κ1) is 13.1. The van der Waals surface area contributed by atoms with Gasteiger partial charge in [0, 0.05) is 19.4 Å². The van der Waals surface area contributed by atoms with E-state index in [2.05, 4.69) is 5.32 Å². The molecular weight excluding hydrogens is 182 g/mol. The van der Waals surface area contributed by atoms with Crippen molar-refractivity contribution in [1.82, 2.24) is 5.32 Å². The summed E-state index contributed by atoms with van der Waals surface area (Å²) in [5.74, 6) is -0.0969. The number of nitrogens with one attached hydrogen (secondary N) is 1. The molecule has 0 aliphatic carbocycles. The molecule has 0 spiro atoms. The summed E-state index contributed by atoms with van der Waals surface area (Å²) in [5, 5.41) is 11.1. The second-order valence-corrected chi connectivity index (χ2v) is 3.19. The topological polar surface area (TPSA) is 66.4 Å². The predicted octanol–water partition coefficient (Wildman–Crippen LogP) is 0.634. The van der Waals surface area contributed by atoms with E-state index in [9.17, 15) is 9.59 Å². The van der Waals surface area contributed by atoms with Gasteiger partial charge in [-0.1, -0.05) is 12.8 Å². The highest BCUT2D eigenvalue weighted by Gasteiger charge is 1.97. The standard InChI is InChI=1S/C10H19NO3/c12-8-5-3-1-2-4-7-11-10(14)6-9-13/h8,13H,1-7,9H2,(H,11,14). The maximum Gasteiger partial charge on any atom is 0.222 e. The fourth-order valence-corrected chi connectivity index (χ4v) is 1.12. The number of aliphatic hydroxyl groups excluding tert-OH is 1. The van der Waals surface area contributed by atoms with E-state index in [4.69, 9.17) is 5.11 Å². The van der Waals surface area contributed by atoms with Crippen LogP contribution in [0.2, 0.25) is 0 Å². The summed E-state index contributed by atoms with van der Waals surface area (Å²) < 4.78 is 0. The highest BCUT2D eigenvalue weighted by Crippen LogP contribution is 2.00. The molecule has 0 aliphatic rings. The lowest BCUT2D eigenvalue weighted by atomic mass is 10.1. The molecular formula is C10H19NO3. The average Bonchev–Trinajstić information content (AvgIpc) is 2.17. The van der Waals surface area contributed by atoms with E-state index in [0.717, 1.165) is 32.0 Å². The number of amides is 1. The molecule has 0 saturated heterocycles. The van der Waals surface area contributed by atoms with E-state index in [1.54, 1.807) is 0 Å². The van der Waals surface area contributed by atoms with Gasteiger partial charge in [0.1, 0.15) is 6.29 Å². The molecule has 1 amide bonds. The number of hydrogen-bond donors (Lipinski definition) is 2. The quantitative estimate of drug-likeness (QED) is 0.425. The number of aliphatic hydroxyl groups is 1. The summed E-state index contributed by atoms with van der Waals surface area (Å²) in [6.07, 6.45) is 5.71. The van der Waals surface area contributed by atoms with Crippen LogP contribution < -0.4 is 5.32 Å². The van der Waals surface area contributed by atoms with Crippen LogP contribution in [0.1, 0.15) is 38.5 Å². The van der Waals surface area contributed by atoms with Crippen molar-refractivity contribution in [2.75, 3.05) is 13.2 Å². The molecule has 0 saturated carbocycles. The second-order valence-electron chi connectivity index (χ2n) is 3.19. The summed E-state index contributed by atoms with van der Waals surface area (Å²) in [5.41, 5.74) is 0. The number of unbranched alkanes of at least 4 members (excludes halogenated alkanes) is 4. The SMILES string of the molecule is O=CCCCCCCNC(=O)CCO. The van der Waals surface area contributed by atoms with Gasteiger partial charge in [-0.3, -0.25) is 4.79 Å². The van der Waals surface area contributed by atoms with Gasteiger partial charge in [0.25, 0.3) is 0 Å². The van der Waals surface area contributed by atoms with Gasteiger partial charge < -0.3 is 15.2 Å². The van der Waals surface area contributed by atoms with Crippen LogP contribution in [0.5, 0.6) is 0 Å². The van der Waals surface area contributed by atoms with E-state index in [-0.39, 0.29) is 18.9 Å². The fraction of sp³-hybridized carbons (Fsp3) is 0.800. The third-order valence-electron chi connectivity index (χ3n) is 1.91. The van der Waals surface area contributed by atoms with Crippen LogP contribution in [-0.4, -0.2) is 30.5 Å². The molecule has 0 aliphatic heterocycles. The maximum absolute atomic E-state index is 10.9. The molecule has 0 radical (unpaired) electrons. The van der Waals surface area contributed by atoms with Crippen molar-refractivity contribution >= 4 is 12.2 Å². The molecule has 2 N–H and O–H groups in total. The minimum atomic E-state index is -0.0969. The third kappa shape index (κ3) is 9.19. The summed E-state index contributed by atoms with van der Waals surface area (Å²) in [7, 11) is 0. The van der Waals surface area contributed by atoms with Gasteiger partial charge in [0.2, 0.25) is 5.91 Å². The van der Waals surface area contributed by atoms with Gasteiger partial charge in [-0.2, -0.15) is 0 Å². The van der Waals surface area contributed by atoms with Gasteiger partial charge >= 0.3 is 0 Å². The van der Waals surface area contributed by atoms with E-state index >= 15 is 0 Å². The molecule has 0 aromatic heterocycles. The molecule has 82 valence electrons. The lowest BCUT2D eigenvalue weighted by molar-refractivity contribution is -0.121. The summed E-state index contributed by atoms with van der Waals surface area (Å²) >= 11 is 0. The highest BCUT2D eigenvalue weighted by molar-refractivity contribution is 5.75. The molecule has 0 heterocycles. The normalized spacial score (nSPS) is 9.79. The smallest absolute Gasteiger partial charge is 0.222 e. The second kappa shape index (κ2) is 10.2. The Morgan fingerprint density at radius 3 is 2.57 bits per heavy atom. The van der Waals surface area contributed by atoms with Crippen LogP contribution >= 0.6 is 0 Å². The van der Waals surface area contributed by atoms with Gasteiger partial charge in [-0.25, -0.2) is 0 Å². The van der Waals surface area contributed by atoms with Gasteiger partial charge in [-0.15, -0.1) is 0 Å². The number of carbonyl (C=O) groups is 2. The van der Waals surface area contributed by atoms with Crippen LogP contribution in [0.15, 0.2) is 0 Å². The largest absolute Gasteiger partial charge is 0.396 e. The van der Waals surface area contributed by atoms with Crippen LogP contribution in [0.3, 0.4) is 0 Å². The molecule has 0 bridgehead atoms. The Balaban J connectivity index is 3.05. The zero-order valence-corrected chi connectivity index (χ0v) is 8.50. The summed E-state index contributed by atoms with van der Waals surface area (Å²) in [6, 6.07) is 0. The van der Waals surface area contributed by atoms with Crippen molar-refractivity contribution < 1.29 is 14.7 Å². The molecule has 0 aromatic carbocycles. The lowest BCUT2D eigenvalue weighted by Crippen LogP contribution is -2.24. The van der Waals surface area contributed by atoms with Crippen molar-refractivity contribution in [2.24, 2.45) is 0 Å². The van der Waals surface area contributed by atoms with Crippen LogP contribution in [0.4, 0.5) is 0 Å². The molecule has 0 rings (SSSR count).